The Morgan fingerprint density at radius 3 is 2.42 bits per heavy atom. The van der Waals surface area contributed by atoms with Gasteiger partial charge in [0.15, 0.2) is 12.4 Å². The molecule has 0 aliphatic heterocycles. The van der Waals surface area contributed by atoms with Gasteiger partial charge in [-0.05, 0) is 30.3 Å². The number of ether oxygens (including phenoxy) is 2. The molecule has 1 N–H and O–H groups in total. The number of benzene rings is 2. The van der Waals surface area contributed by atoms with Gasteiger partial charge >= 0.3 is 0 Å². The number of carbonyl (C=O) groups excluding carboxylic acids is 2. The van der Waals surface area contributed by atoms with Gasteiger partial charge in [-0.3, -0.25) is 9.59 Å². The van der Waals surface area contributed by atoms with E-state index in [0.29, 0.717) is 24.3 Å². The molecule has 5 heteroatoms. The Morgan fingerprint density at radius 1 is 1.04 bits per heavy atom. The predicted molar refractivity (Wildman–Crippen MR) is 91.4 cm³/mol. The van der Waals surface area contributed by atoms with E-state index in [9.17, 15) is 9.59 Å². The van der Waals surface area contributed by atoms with Crippen LogP contribution in [0.5, 0.6) is 11.5 Å². The molecule has 0 atom stereocenters. The standard InChI is InChI=1S/C19H21NO4/c1-3-17(21)14-8-10-16(11-9-14)24-13-19(22)20-12-15-6-4-5-7-18(15)23-2/h4-11H,3,12-13H2,1-2H3,(H,20,22). The van der Waals surface area contributed by atoms with Crippen LogP contribution in [0.1, 0.15) is 29.3 Å². The molecule has 0 saturated heterocycles. The number of rotatable bonds is 8. The largest absolute Gasteiger partial charge is 0.496 e. The molecule has 0 aromatic heterocycles. The fourth-order valence-corrected chi connectivity index (χ4v) is 2.18. The first kappa shape index (κ1) is 17.5. The lowest BCUT2D eigenvalue weighted by atomic mass is 10.1. The molecule has 0 saturated carbocycles. The Labute approximate surface area is 141 Å². The molecule has 0 bridgehead atoms. The number of hydrogen-bond donors (Lipinski definition) is 1. The number of methoxy groups -OCH3 is 1. The third kappa shape index (κ3) is 4.84. The average Bonchev–Trinajstić information content (AvgIpc) is 2.64. The molecule has 0 radical (unpaired) electrons. The highest BCUT2D eigenvalue weighted by Gasteiger charge is 2.07. The molecule has 0 aliphatic rings. The average molecular weight is 327 g/mol. The molecule has 1 amide bonds. The van der Waals surface area contributed by atoms with Gasteiger partial charge in [-0.2, -0.15) is 0 Å². The molecular formula is C19H21NO4. The van der Waals surface area contributed by atoms with Gasteiger partial charge in [-0.1, -0.05) is 25.1 Å². The summed E-state index contributed by atoms with van der Waals surface area (Å²) in [4.78, 5) is 23.4. The van der Waals surface area contributed by atoms with Gasteiger partial charge in [-0.25, -0.2) is 0 Å². The fourth-order valence-electron chi connectivity index (χ4n) is 2.18. The lowest BCUT2D eigenvalue weighted by Crippen LogP contribution is -2.28. The van der Waals surface area contributed by atoms with Crippen LogP contribution < -0.4 is 14.8 Å². The zero-order valence-corrected chi connectivity index (χ0v) is 13.9. The zero-order chi connectivity index (χ0) is 17.4. The summed E-state index contributed by atoms with van der Waals surface area (Å²) in [6.07, 6.45) is 0.464. The van der Waals surface area contributed by atoms with Crippen LogP contribution in [0.15, 0.2) is 48.5 Å². The van der Waals surface area contributed by atoms with Crippen molar-refractivity contribution in [3.8, 4) is 11.5 Å². The zero-order valence-electron chi connectivity index (χ0n) is 13.9. The molecule has 126 valence electrons. The van der Waals surface area contributed by atoms with Crippen LogP contribution in [-0.4, -0.2) is 25.4 Å². The number of nitrogens with one attached hydrogen (secondary N) is 1. The monoisotopic (exact) mass is 327 g/mol. The van der Waals surface area contributed by atoms with E-state index < -0.39 is 0 Å². The van der Waals surface area contributed by atoms with Crippen molar-refractivity contribution < 1.29 is 19.1 Å². The van der Waals surface area contributed by atoms with E-state index in [1.54, 1.807) is 31.4 Å². The second-order valence-corrected chi connectivity index (χ2v) is 5.18. The van der Waals surface area contributed by atoms with Gasteiger partial charge in [0.1, 0.15) is 11.5 Å². The Kier molecular flexibility index (Phi) is 6.37. The number of para-hydroxylation sites is 1. The third-order valence-electron chi connectivity index (χ3n) is 3.54. The van der Waals surface area contributed by atoms with Crippen molar-refractivity contribution in [3.05, 3.63) is 59.7 Å². The van der Waals surface area contributed by atoms with Crippen LogP contribution in [-0.2, 0) is 11.3 Å². The maximum atomic E-state index is 11.9. The summed E-state index contributed by atoms with van der Waals surface area (Å²) in [6, 6.07) is 14.3. The molecule has 0 spiro atoms. The number of Topliss-reactive ketones (excluding diaryl/α,β-unsaturated/α-hetero) is 1. The third-order valence-corrected chi connectivity index (χ3v) is 3.54. The number of carbonyl (C=O) groups is 2. The van der Waals surface area contributed by atoms with Gasteiger partial charge < -0.3 is 14.8 Å². The van der Waals surface area contributed by atoms with Gasteiger partial charge in [0.25, 0.3) is 5.91 Å². The highest BCUT2D eigenvalue weighted by molar-refractivity contribution is 5.95. The van der Waals surface area contributed by atoms with Crippen molar-refractivity contribution >= 4 is 11.7 Å². The highest BCUT2D eigenvalue weighted by Crippen LogP contribution is 2.17. The minimum absolute atomic E-state index is 0.0797. The molecule has 2 aromatic carbocycles. The maximum absolute atomic E-state index is 11.9. The Bertz CT molecular complexity index is 695. The normalized spacial score (nSPS) is 10.1. The number of amides is 1. The van der Waals surface area contributed by atoms with Crippen LogP contribution in [0.25, 0.3) is 0 Å². The van der Waals surface area contributed by atoms with Crippen LogP contribution in [0, 0.1) is 0 Å². The van der Waals surface area contributed by atoms with E-state index in [4.69, 9.17) is 9.47 Å². The number of ketones is 1. The molecular weight excluding hydrogens is 306 g/mol. The van der Waals surface area contributed by atoms with E-state index in [1.165, 1.54) is 0 Å². The van der Waals surface area contributed by atoms with Gasteiger partial charge in [0.2, 0.25) is 0 Å². The van der Waals surface area contributed by atoms with E-state index in [0.717, 1.165) is 11.3 Å². The van der Waals surface area contributed by atoms with E-state index >= 15 is 0 Å². The van der Waals surface area contributed by atoms with Crippen molar-refractivity contribution in [1.29, 1.82) is 0 Å². The summed E-state index contributed by atoms with van der Waals surface area (Å²) >= 11 is 0. The van der Waals surface area contributed by atoms with Crippen molar-refractivity contribution in [2.24, 2.45) is 0 Å². The SMILES string of the molecule is CCC(=O)c1ccc(OCC(=O)NCc2ccccc2OC)cc1. The minimum atomic E-state index is -0.227. The smallest absolute Gasteiger partial charge is 0.258 e. The van der Waals surface area contributed by atoms with Crippen molar-refractivity contribution in [1.82, 2.24) is 5.32 Å². The number of hydrogen-bond acceptors (Lipinski definition) is 4. The van der Waals surface area contributed by atoms with Crippen molar-refractivity contribution in [2.45, 2.75) is 19.9 Å². The summed E-state index contributed by atoms with van der Waals surface area (Å²) in [5, 5.41) is 2.78. The van der Waals surface area contributed by atoms with Crippen LogP contribution in [0.3, 0.4) is 0 Å². The van der Waals surface area contributed by atoms with Crippen LogP contribution >= 0.6 is 0 Å². The summed E-state index contributed by atoms with van der Waals surface area (Å²) in [5.74, 6) is 1.13. The van der Waals surface area contributed by atoms with Crippen LogP contribution in [0.2, 0.25) is 0 Å². The van der Waals surface area contributed by atoms with Crippen molar-refractivity contribution in [3.63, 3.8) is 0 Å². The molecule has 2 rings (SSSR count). The highest BCUT2D eigenvalue weighted by atomic mass is 16.5. The first-order valence-electron chi connectivity index (χ1n) is 7.78. The summed E-state index contributed by atoms with van der Waals surface area (Å²) in [5.41, 5.74) is 1.54. The lowest BCUT2D eigenvalue weighted by Gasteiger charge is -2.10. The molecule has 0 heterocycles. The predicted octanol–water partition coefficient (Wildman–Crippen LogP) is 2.98. The quantitative estimate of drug-likeness (QED) is 0.757. The van der Waals surface area contributed by atoms with Gasteiger partial charge in [0, 0.05) is 24.1 Å². The van der Waals surface area contributed by atoms with Gasteiger partial charge in [0.05, 0.1) is 7.11 Å². The Balaban J connectivity index is 1.82. The molecule has 0 unspecified atom stereocenters. The molecule has 2 aromatic rings. The van der Waals surface area contributed by atoms with Crippen LogP contribution in [0.4, 0.5) is 0 Å². The van der Waals surface area contributed by atoms with E-state index in [2.05, 4.69) is 5.32 Å². The summed E-state index contributed by atoms with van der Waals surface area (Å²) in [6.45, 7) is 2.10. The molecule has 24 heavy (non-hydrogen) atoms. The Hall–Kier alpha value is -2.82. The second-order valence-electron chi connectivity index (χ2n) is 5.18. The molecule has 0 aliphatic carbocycles. The first-order chi connectivity index (χ1) is 11.6. The second kappa shape index (κ2) is 8.72. The summed E-state index contributed by atoms with van der Waals surface area (Å²) < 4.78 is 10.7. The minimum Gasteiger partial charge on any atom is -0.496 e. The topological polar surface area (TPSA) is 64.6 Å². The van der Waals surface area contributed by atoms with Gasteiger partial charge in [-0.15, -0.1) is 0 Å². The van der Waals surface area contributed by atoms with E-state index in [1.807, 2.05) is 31.2 Å². The maximum Gasteiger partial charge on any atom is 0.258 e. The fraction of sp³-hybridized carbons (Fsp3) is 0.263. The first-order valence-corrected chi connectivity index (χ1v) is 7.78. The lowest BCUT2D eigenvalue weighted by molar-refractivity contribution is -0.123. The molecule has 0 fully saturated rings. The Morgan fingerprint density at radius 2 is 1.75 bits per heavy atom. The van der Waals surface area contributed by atoms with E-state index in [-0.39, 0.29) is 18.3 Å². The summed E-state index contributed by atoms with van der Waals surface area (Å²) in [7, 11) is 1.59. The van der Waals surface area contributed by atoms with Crippen molar-refractivity contribution in [2.75, 3.05) is 13.7 Å². The molecule has 5 nitrogen and oxygen atoms in total.